The Hall–Kier alpha value is -1.10. The lowest BCUT2D eigenvalue weighted by Gasteiger charge is -2.33. The zero-order valence-corrected chi connectivity index (χ0v) is 13.4. The third kappa shape index (κ3) is 5.30. The van der Waals surface area contributed by atoms with Gasteiger partial charge in [-0.2, -0.15) is 0 Å². The Morgan fingerprint density at radius 3 is 2.62 bits per heavy atom. The van der Waals surface area contributed by atoms with Gasteiger partial charge in [-0.05, 0) is 45.0 Å². The van der Waals surface area contributed by atoms with Crippen molar-refractivity contribution in [1.82, 2.24) is 9.80 Å². The van der Waals surface area contributed by atoms with E-state index in [2.05, 4.69) is 35.9 Å². The van der Waals surface area contributed by atoms with Crippen molar-refractivity contribution in [2.24, 2.45) is 5.73 Å². The van der Waals surface area contributed by atoms with Gasteiger partial charge in [0.15, 0.2) is 0 Å². The fraction of sp³-hybridized carbons (Fsp3) is 0.647. The van der Waals surface area contributed by atoms with Crippen molar-refractivity contribution in [1.29, 1.82) is 0 Å². The molecule has 0 spiro atoms. The highest BCUT2D eigenvalue weighted by Gasteiger charge is 2.15. The van der Waals surface area contributed by atoms with Crippen molar-refractivity contribution in [3.63, 3.8) is 0 Å². The molecule has 0 radical (unpaired) electrons. The number of ether oxygens (including phenoxy) is 1. The van der Waals surface area contributed by atoms with Crippen LogP contribution in [0.1, 0.15) is 18.9 Å². The molecule has 1 saturated heterocycles. The van der Waals surface area contributed by atoms with Crippen LogP contribution >= 0.6 is 0 Å². The molecule has 2 rings (SSSR count). The van der Waals surface area contributed by atoms with Crippen LogP contribution in [0.25, 0.3) is 0 Å². The molecule has 0 aliphatic carbocycles. The highest BCUT2D eigenvalue weighted by Crippen LogP contribution is 2.20. The summed E-state index contributed by atoms with van der Waals surface area (Å²) in [4.78, 5) is 4.92. The molecule has 118 valence electrons. The van der Waals surface area contributed by atoms with Crippen LogP contribution in [0.5, 0.6) is 5.75 Å². The van der Waals surface area contributed by atoms with Crippen LogP contribution in [-0.4, -0.2) is 62.2 Å². The second kappa shape index (κ2) is 8.37. The van der Waals surface area contributed by atoms with E-state index < -0.39 is 0 Å². The van der Waals surface area contributed by atoms with E-state index in [0.29, 0.717) is 6.54 Å². The predicted molar refractivity (Wildman–Crippen MR) is 87.8 cm³/mol. The van der Waals surface area contributed by atoms with Gasteiger partial charge >= 0.3 is 0 Å². The predicted octanol–water partition coefficient (Wildman–Crippen LogP) is 1.59. The summed E-state index contributed by atoms with van der Waals surface area (Å²) in [7, 11) is 2.19. The first-order valence-electron chi connectivity index (χ1n) is 8.04. The number of piperazine rings is 1. The zero-order valence-electron chi connectivity index (χ0n) is 13.4. The Labute approximate surface area is 128 Å². The Kier molecular flexibility index (Phi) is 6.49. The first-order chi connectivity index (χ1) is 10.2. The molecule has 4 nitrogen and oxygen atoms in total. The summed E-state index contributed by atoms with van der Waals surface area (Å²) in [6.45, 7) is 8.64. The highest BCUT2D eigenvalue weighted by molar-refractivity contribution is 5.33. The van der Waals surface area contributed by atoms with Gasteiger partial charge in [-0.3, -0.25) is 0 Å². The number of benzene rings is 1. The van der Waals surface area contributed by atoms with Crippen LogP contribution in [0.2, 0.25) is 0 Å². The number of nitrogens with two attached hydrogens (primary N) is 1. The lowest BCUT2D eigenvalue weighted by atomic mass is 10.1. The summed E-state index contributed by atoms with van der Waals surface area (Å²) in [5.41, 5.74) is 6.88. The van der Waals surface area contributed by atoms with Gasteiger partial charge in [-0.15, -0.1) is 0 Å². The molecule has 21 heavy (non-hydrogen) atoms. The van der Waals surface area contributed by atoms with Crippen molar-refractivity contribution in [3.8, 4) is 5.75 Å². The highest BCUT2D eigenvalue weighted by atomic mass is 16.5. The van der Waals surface area contributed by atoms with Crippen molar-refractivity contribution in [2.75, 3.05) is 46.3 Å². The minimum Gasteiger partial charge on any atom is -0.490 e. The average molecular weight is 291 g/mol. The maximum atomic E-state index is 6.12. The molecule has 2 N–H and O–H groups in total. The van der Waals surface area contributed by atoms with Gasteiger partial charge in [0.05, 0.1) is 6.10 Å². The Balaban J connectivity index is 1.77. The maximum Gasteiger partial charge on any atom is 0.122 e. The van der Waals surface area contributed by atoms with E-state index in [-0.39, 0.29) is 6.10 Å². The SMILES string of the molecule is CC(CCN1CCN(C)CC1)Oc1ccccc1CCN. The van der Waals surface area contributed by atoms with Gasteiger partial charge in [0.2, 0.25) is 0 Å². The van der Waals surface area contributed by atoms with E-state index in [1.54, 1.807) is 0 Å². The van der Waals surface area contributed by atoms with E-state index in [4.69, 9.17) is 10.5 Å². The maximum absolute atomic E-state index is 6.12. The monoisotopic (exact) mass is 291 g/mol. The topological polar surface area (TPSA) is 41.7 Å². The van der Waals surface area contributed by atoms with Crippen molar-refractivity contribution in [3.05, 3.63) is 29.8 Å². The van der Waals surface area contributed by atoms with Crippen molar-refractivity contribution >= 4 is 0 Å². The van der Waals surface area contributed by atoms with Crippen LogP contribution < -0.4 is 10.5 Å². The van der Waals surface area contributed by atoms with Gasteiger partial charge in [-0.25, -0.2) is 0 Å². The number of likely N-dealkylation sites (N-methyl/N-ethyl adjacent to an activating group) is 1. The van der Waals surface area contributed by atoms with Crippen LogP contribution in [0, 0.1) is 0 Å². The van der Waals surface area contributed by atoms with Crippen LogP contribution in [0.4, 0.5) is 0 Å². The van der Waals surface area contributed by atoms with E-state index >= 15 is 0 Å². The number of hydrogen-bond donors (Lipinski definition) is 1. The standard InChI is InChI=1S/C17H29N3O/c1-15(8-10-20-13-11-19(2)12-14-20)21-17-6-4-3-5-16(17)7-9-18/h3-6,15H,7-14,18H2,1-2H3. The lowest BCUT2D eigenvalue weighted by Crippen LogP contribution is -2.45. The van der Waals surface area contributed by atoms with Gasteiger partial charge in [0, 0.05) is 32.7 Å². The summed E-state index contributed by atoms with van der Waals surface area (Å²) in [5, 5.41) is 0. The third-order valence-corrected chi connectivity index (χ3v) is 4.16. The Bertz CT molecular complexity index is 416. The van der Waals surface area contributed by atoms with Crippen LogP contribution in [0.3, 0.4) is 0 Å². The second-order valence-corrected chi connectivity index (χ2v) is 6.01. The summed E-state index contributed by atoms with van der Waals surface area (Å²) < 4.78 is 6.12. The van der Waals surface area contributed by atoms with Crippen molar-refractivity contribution < 1.29 is 4.74 Å². The summed E-state index contributed by atoms with van der Waals surface area (Å²) in [6, 6.07) is 8.24. The van der Waals surface area contributed by atoms with Crippen molar-refractivity contribution in [2.45, 2.75) is 25.9 Å². The molecule has 0 amide bonds. The molecule has 1 atom stereocenters. The molecule has 1 aromatic carbocycles. The molecule has 1 fully saturated rings. The Morgan fingerprint density at radius 1 is 1.19 bits per heavy atom. The summed E-state index contributed by atoms with van der Waals surface area (Å²) >= 11 is 0. The lowest BCUT2D eigenvalue weighted by molar-refractivity contribution is 0.128. The quantitative estimate of drug-likeness (QED) is 0.828. The molecule has 0 saturated carbocycles. The molecule has 1 aliphatic rings. The molecule has 1 aromatic rings. The Morgan fingerprint density at radius 2 is 1.90 bits per heavy atom. The summed E-state index contributed by atoms with van der Waals surface area (Å²) in [5.74, 6) is 0.994. The molecule has 4 heteroatoms. The van der Waals surface area contributed by atoms with Crippen LogP contribution in [0.15, 0.2) is 24.3 Å². The molecule has 1 heterocycles. The van der Waals surface area contributed by atoms with Crippen LogP contribution in [-0.2, 0) is 6.42 Å². The normalized spacial score (nSPS) is 18.6. The van der Waals surface area contributed by atoms with E-state index in [1.165, 1.54) is 31.7 Å². The molecule has 0 bridgehead atoms. The average Bonchev–Trinajstić information content (AvgIpc) is 2.49. The first kappa shape index (κ1) is 16.3. The molecule has 1 unspecified atom stereocenters. The van der Waals surface area contributed by atoms with E-state index in [9.17, 15) is 0 Å². The first-order valence-corrected chi connectivity index (χ1v) is 8.04. The molecule has 0 aromatic heterocycles. The van der Waals surface area contributed by atoms with E-state index in [0.717, 1.165) is 25.1 Å². The van der Waals surface area contributed by atoms with Gasteiger partial charge in [0.25, 0.3) is 0 Å². The second-order valence-electron chi connectivity index (χ2n) is 6.01. The summed E-state index contributed by atoms with van der Waals surface area (Å²) in [6.07, 6.45) is 2.19. The van der Waals surface area contributed by atoms with E-state index in [1.807, 2.05) is 12.1 Å². The molecular formula is C17H29N3O. The third-order valence-electron chi connectivity index (χ3n) is 4.16. The fourth-order valence-corrected chi connectivity index (χ4v) is 2.69. The van der Waals surface area contributed by atoms with Gasteiger partial charge < -0.3 is 20.3 Å². The zero-order chi connectivity index (χ0) is 15.1. The number of rotatable bonds is 7. The molecule has 1 aliphatic heterocycles. The smallest absolute Gasteiger partial charge is 0.122 e. The number of nitrogens with zero attached hydrogens (tertiary/aromatic N) is 2. The number of para-hydroxylation sites is 1. The van der Waals surface area contributed by atoms with Gasteiger partial charge in [0.1, 0.15) is 5.75 Å². The minimum atomic E-state index is 0.239. The number of hydrogen-bond acceptors (Lipinski definition) is 4. The molecular weight excluding hydrogens is 262 g/mol. The minimum absolute atomic E-state index is 0.239. The van der Waals surface area contributed by atoms with Gasteiger partial charge in [-0.1, -0.05) is 18.2 Å². The largest absolute Gasteiger partial charge is 0.490 e. The fourth-order valence-electron chi connectivity index (χ4n) is 2.69.